The van der Waals surface area contributed by atoms with Gasteiger partial charge in [0.15, 0.2) is 0 Å². The van der Waals surface area contributed by atoms with Crippen LogP contribution in [0.15, 0.2) is 36.4 Å². The standard InChI is InChI=1S/C19H18ClF3N6O/c20-15-6-12(26-18-27-17(24)28-29-18)5-14(19(21,22)23)16(15)11-1-3-13(4-2-11)30-9-10-7-25-8-10/h1-6,10,25H,7-9H2,(H4,24,26,27,28,29). The van der Waals surface area contributed by atoms with Crippen molar-refractivity contribution in [3.8, 4) is 16.9 Å². The predicted octanol–water partition coefficient (Wildman–Crippen LogP) is 4.07. The van der Waals surface area contributed by atoms with Crippen molar-refractivity contribution >= 4 is 29.2 Å². The molecule has 0 aliphatic carbocycles. The third-order valence-electron chi connectivity index (χ3n) is 4.65. The molecule has 1 fully saturated rings. The summed E-state index contributed by atoms with van der Waals surface area (Å²) in [6.45, 7) is 2.37. The van der Waals surface area contributed by atoms with Crippen LogP contribution in [0.3, 0.4) is 0 Å². The quantitative estimate of drug-likeness (QED) is 0.463. The number of halogens is 4. The van der Waals surface area contributed by atoms with Crippen LogP contribution in [-0.2, 0) is 6.18 Å². The van der Waals surface area contributed by atoms with Gasteiger partial charge in [-0.25, -0.2) is 5.10 Å². The van der Waals surface area contributed by atoms with Crippen molar-refractivity contribution in [2.24, 2.45) is 5.92 Å². The minimum atomic E-state index is -4.62. The van der Waals surface area contributed by atoms with E-state index in [9.17, 15) is 13.2 Å². The molecule has 0 saturated carbocycles. The number of aromatic amines is 1. The molecule has 1 aromatic heterocycles. The third kappa shape index (κ3) is 4.44. The Morgan fingerprint density at radius 3 is 2.50 bits per heavy atom. The van der Waals surface area contributed by atoms with Crippen molar-refractivity contribution in [1.29, 1.82) is 0 Å². The average molecular weight is 439 g/mol. The molecule has 2 aromatic carbocycles. The molecule has 0 amide bonds. The first-order valence-corrected chi connectivity index (χ1v) is 9.47. The average Bonchev–Trinajstić information content (AvgIpc) is 3.05. The van der Waals surface area contributed by atoms with Crippen molar-refractivity contribution in [2.75, 3.05) is 30.7 Å². The molecule has 0 atom stereocenters. The third-order valence-corrected chi connectivity index (χ3v) is 4.95. The first kappa shape index (κ1) is 20.3. The fourth-order valence-electron chi connectivity index (χ4n) is 3.05. The number of benzene rings is 2. The van der Waals surface area contributed by atoms with Crippen molar-refractivity contribution < 1.29 is 17.9 Å². The maximum absolute atomic E-state index is 13.8. The molecule has 30 heavy (non-hydrogen) atoms. The van der Waals surface area contributed by atoms with Gasteiger partial charge < -0.3 is 21.1 Å². The van der Waals surface area contributed by atoms with Crippen LogP contribution in [0.25, 0.3) is 11.1 Å². The van der Waals surface area contributed by atoms with Gasteiger partial charge in [-0.3, -0.25) is 0 Å². The minimum Gasteiger partial charge on any atom is -0.493 e. The summed E-state index contributed by atoms with van der Waals surface area (Å²) in [5.74, 6) is 1.12. The molecule has 5 N–H and O–H groups in total. The van der Waals surface area contributed by atoms with Crippen molar-refractivity contribution in [1.82, 2.24) is 20.5 Å². The number of ether oxygens (including phenoxy) is 1. The second-order valence-electron chi connectivity index (χ2n) is 6.91. The smallest absolute Gasteiger partial charge is 0.417 e. The molecule has 0 spiro atoms. The van der Waals surface area contributed by atoms with Crippen molar-refractivity contribution in [3.63, 3.8) is 0 Å². The van der Waals surface area contributed by atoms with Gasteiger partial charge in [-0.15, -0.1) is 5.10 Å². The van der Waals surface area contributed by atoms with E-state index in [0.29, 0.717) is 23.8 Å². The number of hydrogen-bond acceptors (Lipinski definition) is 6. The van der Waals surface area contributed by atoms with E-state index in [1.165, 1.54) is 6.07 Å². The Balaban J connectivity index is 1.62. The van der Waals surface area contributed by atoms with Crippen LogP contribution in [0.4, 0.5) is 30.8 Å². The molecule has 1 aliphatic heterocycles. The van der Waals surface area contributed by atoms with Crippen LogP contribution in [0.1, 0.15) is 5.56 Å². The lowest BCUT2D eigenvalue weighted by molar-refractivity contribution is -0.137. The second kappa shape index (κ2) is 8.04. The molecular formula is C19H18ClF3N6O. The van der Waals surface area contributed by atoms with Gasteiger partial charge in [0.2, 0.25) is 11.9 Å². The zero-order valence-corrected chi connectivity index (χ0v) is 16.3. The van der Waals surface area contributed by atoms with Crippen LogP contribution < -0.4 is 21.1 Å². The highest BCUT2D eigenvalue weighted by molar-refractivity contribution is 6.34. The van der Waals surface area contributed by atoms with Crippen LogP contribution in [0, 0.1) is 5.92 Å². The zero-order valence-electron chi connectivity index (χ0n) is 15.6. The Hall–Kier alpha value is -2.98. The fourth-order valence-corrected chi connectivity index (χ4v) is 3.38. The van der Waals surface area contributed by atoms with E-state index in [0.717, 1.165) is 19.2 Å². The molecule has 2 heterocycles. The maximum Gasteiger partial charge on any atom is 0.417 e. The molecule has 158 valence electrons. The number of nitrogens with one attached hydrogen (secondary N) is 3. The van der Waals surface area contributed by atoms with E-state index < -0.39 is 11.7 Å². The summed E-state index contributed by atoms with van der Waals surface area (Å²) >= 11 is 6.26. The highest BCUT2D eigenvalue weighted by Crippen LogP contribution is 2.43. The molecule has 0 unspecified atom stereocenters. The van der Waals surface area contributed by atoms with Gasteiger partial charge in [-0.05, 0) is 29.8 Å². The summed E-state index contributed by atoms with van der Waals surface area (Å²) in [7, 11) is 0. The van der Waals surface area contributed by atoms with E-state index in [2.05, 4.69) is 25.8 Å². The van der Waals surface area contributed by atoms with Crippen molar-refractivity contribution in [2.45, 2.75) is 6.18 Å². The van der Waals surface area contributed by atoms with Gasteiger partial charge in [-0.1, -0.05) is 23.7 Å². The van der Waals surface area contributed by atoms with Crippen molar-refractivity contribution in [3.05, 3.63) is 47.0 Å². The molecule has 1 saturated heterocycles. The molecular weight excluding hydrogens is 421 g/mol. The molecule has 11 heteroatoms. The van der Waals surface area contributed by atoms with E-state index in [1.807, 2.05) is 0 Å². The highest BCUT2D eigenvalue weighted by atomic mass is 35.5. The number of nitrogens with zero attached hydrogens (tertiary/aromatic N) is 2. The lowest BCUT2D eigenvalue weighted by Gasteiger charge is -2.26. The number of nitrogen functional groups attached to an aromatic ring is 1. The van der Waals surface area contributed by atoms with Gasteiger partial charge >= 0.3 is 6.18 Å². The first-order valence-electron chi connectivity index (χ1n) is 9.09. The van der Waals surface area contributed by atoms with E-state index >= 15 is 0 Å². The predicted molar refractivity (Wildman–Crippen MR) is 108 cm³/mol. The van der Waals surface area contributed by atoms with Crippen LogP contribution in [0.5, 0.6) is 5.75 Å². The lowest BCUT2D eigenvalue weighted by atomic mass is 9.98. The Kier molecular flexibility index (Phi) is 5.44. The zero-order chi connectivity index (χ0) is 21.3. The second-order valence-corrected chi connectivity index (χ2v) is 7.31. The Labute approximate surface area is 174 Å². The minimum absolute atomic E-state index is 0.0344. The monoisotopic (exact) mass is 438 g/mol. The summed E-state index contributed by atoms with van der Waals surface area (Å²) < 4.78 is 47.1. The summed E-state index contributed by atoms with van der Waals surface area (Å²) in [4.78, 5) is 3.82. The summed E-state index contributed by atoms with van der Waals surface area (Å²) in [6.07, 6.45) is -4.62. The van der Waals surface area contributed by atoms with Gasteiger partial charge in [0.05, 0.1) is 17.2 Å². The largest absolute Gasteiger partial charge is 0.493 e. The number of anilines is 3. The number of aromatic nitrogens is 3. The van der Waals surface area contributed by atoms with Crippen LogP contribution >= 0.6 is 11.6 Å². The Bertz CT molecular complexity index is 1030. The Morgan fingerprint density at radius 2 is 1.93 bits per heavy atom. The SMILES string of the molecule is Nc1nc(Nc2cc(Cl)c(-c3ccc(OCC4CNC4)cc3)c(C(F)(F)F)c2)n[nH]1. The number of nitrogens with two attached hydrogens (primary N) is 1. The molecule has 0 radical (unpaired) electrons. The summed E-state index contributed by atoms with van der Waals surface area (Å²) in [6, 6.07) is 8.75. The number of rotatable bonds is 6. The maximum atomic E-state index is 13.8. The van der Waals surface area contributed by atoms with Crippen LogP contribution in [0.2, 0.25) is 5.02 Å². The fraction of sp³-hybridized carbons (Fsp3) is 0.263. The summed E-state index contributed by atoms with van der Waals surface area (Å²) in [5.41, 5.74) is 4.86. The molecule has 1 aliphatic rings. The number of alkyl halides is 3. The van der Waals surface area contributed by atoms with Gasteiger partial charge in [-0.2, -0.15) is 18.2 Å². The topological polar surface area (TPSA) is 101 Å². The van der Waals surface area contributed by atoms with Gasteiger partial charge in [0.1, 0.15) is 5.75 Å². The lowest BCUT2D eigenvalue weighted by Crippen LogP contribution is -2.45. The molecule has 7 nitrogen and oxygen atoms in total. The normalized spacial score (nSPS) is 14.4. The van der Waals surface area contributed by atoms with E-state index in [1.54, 1.807) is 24.3 Å². The van der Waals surface area contributed by atoms with Gasteiger partial charge in [0, 0.05) is 30.3 Å². The first-order chi connectivity index (χ1) is 14.3. The summed E-state index contributed by atoms with van der Waals surface area (Å²) in [5, 5.41) is 11.9. The Morgan fingerprint density at radius 1 is 1.20 bits per heavy atom. The molecule has 4 rings (SSSR count). The highest BCUT2D eigenvalue weighted by Gasteiger charge is 2.35. The van der Waals surface area contributed by atoms with Crippen LogP contribution in [-0.4, -0.2) is 34.9 Å². The molecule has 0 bridgehead atoms. The molecule has 3 aromatic rings. The van der Waals surface area contributed by atoms with Gasteiger partial charge in [0.25, 0.3) is 0 Å². The van der Waals surface area contributed by atoms with E-state index in [-0.39, 0.29) is 28.2 Å². The number of hydrogen-bond donors (Lipinski definition) is 4. The number of H-pyrrole nitrogens is 1. The van der Waals surface area contributed by atoms with E-state index in [4.69, 9.17) is 22.1 Å².